The number of morpholine rings is 1. The largest absolute Gasteiger partial charge is 0.468 e. The second-order valence-corrected chi connectivity index (χ2v) is 6.31. The van der Waals surface area contributed by atoms with Crippen LogP contribution in [0, 0.1) is 11.8 Å². The van der Waals surface area contributed by atoms with Crippen LogP contribution in [0.2, 0.25) is 0 Å². The van der Waals surface area contributed by atoms with Crippen molar-refractivity contribution in [2.75, 3.05) is 33.4 Å². The highest BCUT2D eigenvalue weighted by Crippen LogP contribution is 2.25. The zero-order chi connectivity index (χ0) is 15.8. The van der Waals surface area contributed by atoms with Crippen molar-refractivity contribution in [2.24, 2.45) is 11.8 Å². The molecule has 1 fully saturated rings. The predicted octanol–water partition coefficient (Wildman–Crippen LogP) is 2.88. The number of carbonyl (C=O) groups is 1. The molecule has 4 nitrogen and oxygen atoms in total. The topological polar surface area (TPSA) is 38.8 Å². The minimum atomic E-state index is -0.152. The Morgan fingerprint density at radius 1 is 1.29 bits per heavy atom. The number of esters is 1. The molecule has 0 N–H and O–H groups in total. The number of methoxy groups -OCH3 is 1. The number of nitrogens with zero attached hydrogens (tertiary/aromatic N) is 1. The highest BCUT2D eigenvalue weighted by Gasteiger charge is 2.35. The van der Waals surface area contributed by atoms with Gasteiger partial charge in [0.25, 0.3) is 0 Å². The standard InChI is InChI=1S/C17H31NO3/c1-13(2)7-6-8-14(3)15(4)16(17(19)20-5)18-9-11-21-12-10-18/h7,14-16H,6,8-12H2,1-5H3/t14?,15-,16?/m1/s1. The molecule has 0 spiro atoms. The summed E-state index contributed by atoms with van der Waals surface area (Å²) in [7, 11) is 1.48. The monoisotopic (exact) mass is 297 g/mol. The van der Waals surface area contributed by atoms with Crippen LogP contribution in [0.25, 0.3) is 0 Å². The van der Waals surface area contributed by atoms with Crippen LogP contribution in [0.4, 0.5) is 0 Å². The summed E-state index contributed by atoms with van der Waals surface area (Å²) < 4.78 is 10.4. The fraction of sp³-hybridized carbons (Fsp3) is 0.824. The maximum absolute atomic E-state index is 12.2. The second kappa shape index (κ2) is 9.21. The Labute approximate surface area is 129 Å². The maximum atomic E-state index is 12.2. The predicted molar refractivity (Wildman–Crippen MR) is 85.2 cm³/mol. The average Bonchev–Trinajstić information content (AvgIpc) is 2.47. The van der Waals surface area contributed by atoms with E-state index in [0.717, 1.165) is 25.9 Å². The molecule has 1 saturated heterocycles. The third kappa shape index (κ3) is 5.79. The van der Waals surface area contributed by atoms with Crippen molar-refractivity contribution < 1.29 is 14.3 Å². The van der Waals surface area contributed by atoms with E-state index in [9.17, 15) is 4.79 Å². The highest BCUT2D eigenvalue weighted by molar-refractivity contribution is 5.76. The fourth-order valence-corrected chi connectivity index (χ4v) is 2.88. The van der Waals surface area contributed by atoms with Crippen LogP contribution < -0.4 is 0 Å². The van der Waals surface area contributed by atoms with E-state index in [2.05, 4.69) is 38.7 Å². The van der Waals surface area contributed by atoms with E-state index < -0.39 is 0 Å². The molecular weight excluding hydrogens is 266 g/mol. The zero-order valence-electron chi connectivity index (χ0n) is 14.2. The molecule has 1 heterocycles. The number of carbonyl (C=O) groups excluding carboxylic acids is 1. The van der Waals surface area contributed by atoms with Gasteiger partial charge in [0.15, 0.2) is 0 Å². The Morgan fingerprint density at radius 2 is 1.90 bits per heavy atom. The van der Waals surface area contributed by atoms with Gasteiger partial charge in [0.05, 0.1) is 20.3 Å². The molecule has 0 aliphatic carbocycles. The van der Waals surface area contributed by atoms with Gasteiger partial charge in [0.2, 0.25) is 0 Å². The van der Waals surface area contributed by atoms with Crippen LogP contribution in [0.3, 0.4) is 0 Å². The number of hydrogen-bond acceptors (Lipinski definition) is 4. The molecule has 0 aromatic carbocycles. The Bertz CT molecular complexity index is 344. The Hall–Kier alpha value is -0.870. The molecule has 4 heteroatoms. The van der Waals surface area contributed by atoms with Crippen LogP contribution >= 0.6 is 0 Å². The van der Waals surface area contributed by atoms with Gasteiger partial charge in [-0.3, -0.25) is 9.69 Å². The average molecular weight is 297 g/mol. The van der Waals surface area contributed by atoms with Gasteiger partial charge in [0.1, 0.15) is 6.04 Å². The Morgan fingerprint density at radius 3 is 2.43 bits per heavy atom. The van der Waals surface area contributed by atoms with Gasteiger partial charge in [0, 0.05) is 13.1 Å². The van der Waals surface area contributed by atoms with Crippen LogP contribution in [0.5, 0.6) is 0 Å². The molecule has 1 aliphatic heterocycles. The lowest BCUT2D eigenvalue weighted by Gasteiger charge is -2.38. The van der Waals surface area contributed by atoms with E-state index >= 15 is 0 Å². The van der Waals surface area contributed by atoms with Gasteiger partial charge in [-0.1, -0.05) is 25.5 Å². The first kappa shape index (κ1) is 18.2. The summed E-state index contributed by atoms with van der Waals surface area (Å²) in [6.07, 6.45) is 4.44. The van der Waals surface area contributed by atoms with E-state index in [-0.39, 0.29) is 17.9 Å². The van der Waals surface area contributed by atoms with Gasteiger partial charge in [-0.2, -0.15) is 0 Å². The van der Waals surface area contributed by atoms with Crippen LogP contribution in [-0.2, 0) is 14.3 Å². The first-order valence-corrected chi connectivity index (χ1v) is 8.00. The number of allylic oxidation sites excluding steroid dienone is 2. The van der Waals surface area contributed by atoms with Crippen LogP contribution in [-0.4, -0.2) is 50.3 Å². The smallest absolute Gasteiger partial charge is 0.323 e. The Balaban J connectivity index is 2.67. The first-order chi connectivity index (χ1) is 9.97. The molecule has 0 aromatic rings. The maximum Gasteiger partial charge on any atom is 0.323 e. The summed E-state index contributed by atoms with van der Waals surface area (Å²) in [6, 6.07) is -0.152. The molecule has 0 aromatic heterocycles. The normalized spacial score (nSPS) is 20.4. The quantitative estimate of drug-likeness (QED) is 0.535. The Kier molecular flexibility index (Phi) is 7.97. The molecule has 21 heavy (non-hydrogen) atoms. The summed E-state index contributed by atoms with van der Waals surface area (Å²) in [5.41, 5.74) is 1.35. The van der Waals surface area contributed by atoms with Crippen molar-refractivity contribution in [3.05, 3.63) is 11.6 Å². The molecule has 0 bridgehead atoms. The van der Waals surface area contributed by atoms with E-state index in [1.165, 1.54) is 12.7 Å². The number of ether oxygens (including phenoxy) is 2. The van der Waals surface area contributed by atoms with E-state index in [4.69, 9.17) is 9.47 Å². The second-order valence-electron chi connectivity index (χ2n) is 6.31. The van der Waals surface area contributed by atoms with Crippen molar-refractivity contribution in [2.45, 2.75) is 46.6 Å². The van der Waals surface area contributed by atoms with Crippen molar-refractivity contribution in [1.82, 2.24) is 4.90 Å². The SMILES string of the molecule is COC(=O)C([C@H](C)C(C)CCC=C(C)C)N1CCOCC1. The molecule has 1 aliphatic rings. The van der Waals surface area contributed by atoms with Gasteiger partial charge in [-0.25, -0.2) is 0 Å². The summed E-state index contributed by atoms with van der Waals surface area (Å²) >= 11 is 0. The van der Waals surface area contributed by atoms with Crippen molar-refractivity contribution >= 4 is 5.97 Å². The van der Waals surface area contributed by atoms with E-state index in [1.54, 1.807) is 0 Å². The van der Waals surface area contributed by atoms with Gasteiger partial charge in [-0.05, 0) is 38.5 Å². The van der Waals surface area contributed by atoms with Crippen molar-refractivity contribution in [3.63, 3.8) is 0 Å². The molecule has 122 valence electrons. The number of rotatable bonds is 7. The highest BCUT2D eigenvalue weighted by atomic mass is 16.5. The van der Waals surface area contributed by atoms with Gasteiger partial charge < -0.3 is 9.47 Å². The summed E-state index contributed by atoms with van der Waals surface area (Å²) in [4.78, 5) is 14.4. The zero-order valence-corrected chi connectivity index (χ0v) is 14.2. The van der Waals surface area contributed by atoms with Crippen molar-refractivity contribution in [3.8, 4) is 0 Å². The molecule has 0 amide bonds. The molecular formula is C17H31NO3. The molecule has 0 radical (unpaired) electrons. The number of hydrogen-bond donors (Lipinski definition) is 0. The molecule has 2 unspecified atom stereocenters. The fourth-order valence-electron chi connectivity index (χ4n) is 2.88. The van der Waals surface area contributed by atoms with Gasteiger partial charge in [-0.15, -0.1) is 0 Å². The molecule has 0 saturated carbocycles. The van der Waals surface area contributed by atoms with Gasteiger partial charge >= 0.3 is 5.97 Å². The van der Waals surface area contributed by atoms with Crippen LogP contribution in [0.1, 0.15) is 40.5 Å². The summed E-state index contributed by atoms with van der Waals surface area (Å²) in [5.74, 6) is 0.645. The minimum absolute atomic E-state index is 0.113. The van der Waals surface area contributed by atoms with Crippen molar-refractivity contribution in [1.29, 1.82) is 0 Å². The third-order valence-corrected chi connectivity index (χ3v) is 4.45. The van der Waals surface area contributed by atoms with E-state index in [0.29, 0.717) is 19.1 Å². The third-order valence-electron chi connectivity index (χ3n) is 4.45. The molecule has 3 atom stereocenters. The first-order valence-electron chi connectivity index (χ1n) is 8.00. The molecule has 1 rings (SSSR count). The minimum Gasteiger partial charge on any atom is -0.468 e. The lowest BCUT2D eigenvalue weighted by atomic mass is 9.84. The van der Waals surface area contributed by atoms with Crippen LogP contribution in [0.15, 0.2) is 11.6 Å². The van der Waals surface area contributed by atoms with E-state index in [1.807, 2.05) is 0 Å². The summed E-state index contributed by atoms with van der Waals surface area (Å²) in [6.45, 7) is 11.7. The lowest BCUT2D eigenvalue weighted by Crippen LogP contribution is -2.52. The lowest BCUT2D eigenvalue weighted by molar-refractivity contribution is -0.152. The summed E-state index contributed by atoms with van der Waals surface area (Å²) in [5, 5.41) is 0.